The molecule has 0 aromatic heterocycles. The summed E-state index contributed by atoms with van der Waals surface area (Å²) in [6, 6.07) is 0. The van der Waals surface area contributed by atoms with Gasteiger partial charge in [-0.25, -0.2) is 0 Å². The number of allylic oxidation sites excluding steroid dienone is 1. The third-order valence-electron chi connectivity index (χ3n) is 2.18. The molecule has 82 valence electrons. The van der Waals surface area contributed by atoms with Gasteiger partial charge in [-0.3, -0.25) is 0 Å². The summed E-state index contributed by atoms with van der Waals surface area (Å²) in [5.41, 5.74) is 0. The highest BCUT2D eigenvalue weighted by Crippen LogP contribution is 2.21. The number of ether oxygens (including phenoxy) is 2. The van der Waals surface area contributed by atoms with Crippen LogP contribution in [0, 0.1) is 0 Å². The minimum Gasteiger partial charge on any atom is -0.351 e. The van der Waals surface area contributed by atoms with Crippen LogP contribution in [0.5, 0.6) is 0 Å². The molecule has 14 heavy (non-hydrogen) atoms. The van der Waals surface area contributed by atoms with Crippen molar-refractivity contribution in [2.24, 2.45) is 0 Å². The van der Waals surface area contributed by atoms with Crippen molar-refractivity contribution < 1.29 is 9.47 Å². The Labute approximate surface area is 94.8 Å². The Hall–Kier alpha value is 0.140. The van der Waals surface area contributed by atoms with Crippen LogP contribution < -0.4 is 0 Å². The molecule has 3 heteroatoms. The van der Waals surface area contributed by atoms with E-state index < -0.39 is 0 Å². The molecule has 1 fully saturated rings. The van der Waals surface area contributed by atoms with Crippen molar-refractivity contribution in [1.82, 2.24) is 0 Å². The molecule has 1 aliphatic heterocycles. The van der Waals surface area contributed by atoms with Crippen molar-refractivity contribution in [3.63, 3.8) is 0 Å². The van der Waals surface area contributed by atoms with E-state index in [0.29, 0.717) is 11.4 Å². The summed E-state index contributed by atoms with van der Waals surface area (Å²) < 4.78 is 11.1. The Kier molecular flexibility index (Phi) is 6.48. The summed E-state index contributed by atoms with van der Waals surface area (Å²) in [7, 11) is 0. The molecule has 1 aliphatic rings. The number of rotatable bonds is 5. The summed E-state index contributed by atoms with van der Waals surface area (Å²) in [4.78, 5) is 0.357. The molecular formula is C11H19BrO2. The Morgan fingerprint density at radius 1 is 1.50 bits per heavy atom. The maximum atomic E-state index is 5.59. The van der Waals surface area contributed by atoms with E-state index in [1.165, 1.54) is 6.42 Å². The SMILES string of the molecule is CCC/C=C/CO[C@H]1OCCC[C@@H]1Br. The largest absolute Gasteiger partial charge is 0.351 e. The molecule has 0 unspecified atom stereocenters. The van der Waals surface area contributed by atoms with Gasteiger partial charge in [-0.15, -0.1) is 0 Å². The van der Waals surface area contributed by atoms with Crippen LogP contribution in [0.3, 0.4) is 0 Å². The third kappa shape index (κ3) is 4.58. The van der Waals surface area contributed by atoms with Crippen LogP contribution in [0.1, 0.15) is 32.6 Å². The summed E-state index contributed by atoms with van der Waals surface area (Å²) >= 11 is 3.56. The maximum Gasteiger partial charge on any atom is 0.170 e. The molecule has 2 nitrogen and oxygen atoms in total. The van der Waals surface area contributed by atoms with Crippen molar-refractivity contribution in [1.29, 1.82) is 0 Å². The smallest absolute Gasteiger partial charge is 0.170 e. The zero-order valence-electron chi connectivity index (χ0n) is 8.75. The zero-order chi connectivity index (χ0) is 10.2. The molecule has 0 saturated carbocycles. The molecule has 0 aromatic rings. The third-order valence-corrected chi connectivity index (χ3v) is 3.07. The van der Waals surface area contributed by atoms with Gasteiger partial charge < -0.3 is 9.47 Å². The lowest BCUT2D eigenvalue weighted by molar-refractivity contribution is -0.149. The fraction of sp³-hybridized carbons (Fsp3) is 0.818. The fourth-order valence-corrected chi connectivity index (χ4v) is 2.00. The van der Waals surface area contributed by atoms with Gasteiger partial charge >= 0.3 is 0 Å². The fourth-order valence-electron chi connectivity index (χ4n) is 1.37. The van der Waals surface area contributed by atoms with E-state index in [4.69, 9.17) is 9.47 Å². The van der Waals surface area contributed by atoms with Crippen LogP contribution in [0.4, 0.5) is 0 Å². The van der Waals surface area contributed by atoms with Crippen molar-refractivity contribution >= 4 is 15.9 Å². The van der Waals surface area contributed by atoms with Gasteiger partial charge in [0.2, 0.25) is 0 Å². The Balaban J connectivity index is 2.10. The van der Waals surface area contributed by atoms with E-state index in [-0.39, 0.29) is 6.29 Å². The zero-order valence-corrected chi connectivity index (χ0v) is 10.3. The average Bonchev–Trinajstić information content (AvgIpc) is 2.20. The first kappa shape index (κ1) is 12.2. The summed E-state index contributed by atoms with van der Waals surface area (Å²) in [5, 5.41) is 0. The lowest BCUT2D eigenvalue weighted by Gasteiger charge is -2.27. The van der Waals surface area contributed by atoms with Gasteiger partial charge in [0.05, 0.1) is 11.4 Å². The van der Waals surface area contributed by atoms with Crippen LogP contribution in [-0.2, 0) is 9.47 Å². The van der Waals surface area contributed by atoms with Crippen molar-refractivity contribution in [2.45, 2.75) is 43.7 Å². The molecule has 0 aromatic carbocycles. The average molecular weight is 263 g/mol. The Morgan fingerprint density at radius 2 is 2.36 bits per heavy atom. The first-order chi connectivity index (χ1) is 6.84. The van der Waals surface area contributed by atoms with Crippen molar-refractivity contribution in [3.8, 4) is 0 Å². The molecule has 0 bridgehead atoms. The highest BCUT2D eigenvalue weighted by atomic mass is 79.9. The highest BCUT2D eigenvalue weighted by molar-refractivity contribution is 9.09. The molecule has 0 amide bonds. The molecule has 1 rings (SSSR count). The van der Waals surface area contributed by atoms with Crippen LogP contribution >= 0.6 is 15.9 Å². The topological polar surface area (TPSA) is 18.5 Å². The van der Waals surface area contributed by atoms with E-state index in [1.54, 1.807) is 0 Å². The predicted octanol–water partition coefficient (Wildman–Crippen LogP) is 3.26. The minimum atomic E-state index is -0.0602. The lowest BCUT2D eigenvalue weighted by atomic mass is 10.2. The van der Waals surface area contributed by atoms with E-state index >= 15 is 0 Å². The quantitative estimate of drug-likeness (QED) is 0.560. The van der Waals surface area contributed by atoms with Crippen LogP contribution in [0.2, 0.25) is 0 Å². The lowest BCUT2D eigenvalue weighted by Crippen LogP contribution is -2.32. The summed E-state index contributed by atoms with van der Waals surface area (Å²) in [6.45, 7) is 3.65. The molecule has 1 saturated heterocycles. The van der Waals surface area contributed by atoms with Gasteiger partial charge in [-0.05, 0) is 19.3 Å². The van der Waals surface area contributed by atoms with Crippen molar-refractivity contribution in [2.75, 3.05) is 13.2 Å². The molecule has 0 spiro atoms. The van der Waals surface area contributed by atoms with E-state index in [0.717, 1.165) is 25.9 Å². The molecule has 0 aliphatic carbocycles. The number of alkyl halides is 1. The van der Waals surface area contributed by atoms with E-state index in [2.05, 4.69) is 35.0 Å². The number of hydrogen-bond acceptors (Lipinski definition) is 2. The standard InChI is InChI=1S/C11H19BrO2/c1-2-3-4-5-8-13-11-10(12)7-6-9-14-11/h4-5,10-11H,2-3,6-9H2,1H3/b5-4+/t10-,11-/m0/s1. The second kappa shape index (κ2) is 7.43. The Morgan fingerprint density at radius 3 is 3.07 bits per heavy atom. The van der Waals surface area contributed by atoms with Gasteiger partial charge in [-0.1, -0.05) is 41.4 Å². The van der Waals surface area contributed by atoms with Gasteiger partial charge in [-0.2, -0.15) is 0 Å². The summed E-state index contributed by atoms with van der Waals surface area (Å²) in [6.07, 6.45) is 8.76. The van der Waals surface area contributed by atoms with Gasteiger partial charge in [0, 0.05) is 6.61 Å². The first-order valence-corrected chi connectivity index (χ1v) is 6.28. The second-order valence-electron chi connectivity index (χ2n) is 3.49. The second-order valence-corrected chi connectivity index (χ2v) is 4.67. The van der Waals surface area contributed by atoms with Crippen LogP contribution in [0.25, 0.3) is 0 Å². The predicted molar refractivity (Wildman–Crippen MR) is 61.7 cm³/mol. The Bertz CT molecular complexity index is 171. The van der Waals surface area contributed by atoms with Gasteiger partial charge in [0.25, 0.3) is 0 Å². The van der Waals surface area contributed by atoms with Crippen LogP contribution in [0.15, 0.2) is 12.2 Å². The molecule has 0 radical (unpaired) electrons. The highest BCUT2D eigenvalue weighted by Gasteiger charge is 2.23. The number of hydrogen-bond donors (Lipinski definition) is 0. The minimum absolute atomic E-state index is 0.0602. The number of unbranched alkanes of at least 4 members (excludes halogenated alkanes) is 1. The van der Waals surface area contributed by atoms with Crippen molar-refractivity contribution in [3.05, 3.63) is 12.2 Å². The molecule has 0 N–H and O–H groups in total. The van der Waals surface area contributed by atoms with E-state index in [9.17, 15) is 0 Å². The number of halogens is 1. The van der Waals surface area contributed by atoms with Crippen LogP contribution in [-0.4, -0.2) is 24.3 Å². The summed E-state index contributed by atoms with van der Waals surface area (Å²) in [5.74, 6) is 0. The molecule has 1 heterocycles. The van der Waals surface area contributed by atoms with Gasteiger partial charge in [0.15, 0.2) is 6.29 Å². The van der Waals surface area contributed by atoms with E-state index in [1.807, 2.05) is 0 Å². The first-order valence-electron chi connectivity index (χ1n) is 5.37. The molecular weight excluding hydrogens is 244 g/mol. The monoisotopic (exact) mass is 262 g/mol. The van der Waals surface area contributed by atoms with Gasteiger partial charge in [0.1, 0.15) is 0 Å². The maximum absolute atomic E-state index is 5.59. The normalized spacial score (nSPS) is 28.4. The molecule has 2 atom stereocenters.